The van der Waals surface area contributed by atoms with Crippen LogP contribution in [0.1, 0.15) is 44.1 Å². The molecular weight excluding hydrogens is 407 g/mol. The molecule has 1 aromatic carbocycles. The number of rotatable bonds is 6. The number of hydrogen-bond donors (Lipinski definition) is 0. The van der Waals surface area contributed by atoms with Crippen molar-refractivity contribution in [3.8, 4) is 0 Å². The summed E-state index contributed by atoms with van der Waals surface area (Å²) in [4.78, 5) is 26.1. The van der Waals surface area contributed by atoms with Gasteiger partial charge in [-0.25, -0.2) is 14.4 Å². The van der Waals surface area contributed by atoms with Gasteiger partial charge in [-0.15, -0.1) is 0 Å². The molecule has 0 aliphatic carbocycles. The molecule has 3 aromatic rings. The molecule has 0 saturated carbocycles. The van der Waals surface area contributed by atoms with E-state index in [1.807, 2.05) is 28.9 Å². The molecular formula is C24H29FN6O. The van der Waals surface area contributed by atoms with Gasteiger partial charge in [0.15, 0.2) is 5.82 Å². The van der Waals surface area contributed by atoms with E-state index in [1.54, 1.807) is 18.3 Å². The van der Waals surface area contributed by atoms with Gasteiger partial charge >= 0.3 is 0 Å². The Morgan fingerprint density at radius 2 is 1.94 bits per heavy atom. The first-order chi connectivity index (χ1) is 15.1. The molecule has 32 heavy (non-hydrogen) atoms. The molecule has 0 spiro atoms. The molecule has 2 aliphatic rings. The van der Waals surface area contributed by atoms with Crippen LogP contribution in [0.25, 0.3) is 0 Å². The van der Waals surface area contributed by atoms with Gasteiger partial charge < -0.3 is 9.80 Å². The first kappa shape index (κ1) is 21.9. The van der Waals surface area contributed by atoms with E-state index in [2.05, 4.69) is 15.0 Å². The smallest absolute Gasteiger partial charge is 0.249 e. The topological polar surface area (TPSA) is 67.2 Å². The molecule has 7 nitrogen and oxygen atoms in total. The monoisotopic (exact) mass is 436 g/mol. The van der Waals surface area contributed by atoms with Crippen LogP contribution in [0.15, 0.2) is 42.9 Å². The van der Waals surface area contributed by atoms with Gasteiger partial charge in [-0.3, -0.25) is 9.48 Å². The fourth-order valence-corrected chi connectivity index (χ4v) is 4.48. The average Bonchev–Trinajstić information content (AvgIpc) is 3.44. The zero-order chi connectivity index (χ0) is 21.4. The summed E-state index contributed by atoms with van der Waals surface area (Å²) in [6.45, 7) is 4.09. The summed E-state index contributed by atoms with van der Waals surface area (Å²) in [5.41, 5.74) is 2.93. The van der Waals surface area contributed by atoms with Gasteiger partial charge in [-0.1, -0.05) is 19.6 Å². The third-order valence-electron chi connectivity index (χ3n) is 6.06. The van der Waals surface area contributed by atoms with Crippen molar-refractivity contribution in [3.05, 3.63) is 65.6 Å². The highest BCUT2D eigenvalue weighted by Crippen LogP contribution is 2.38. The number of hydrogen-bond acceptors (Lipinski definition) is 5. The number of fused-ring (bicyclic) bond motifs is 3. The van der Waals surface area contributed by atoms with Crippen LogP contribution in [0.5, 0.6) is 0 Å². The summed E-state index contributed by atoms with van der Waals surface area (Å²) in [7, 11) is 0. The van der Waals surface area contributed by atoms with Crippen molar-refractivity contribution >= 4 is 17.4 Å². The Morgan fingerprint density at radius 1 is 1.12 bits per heavy atom. The number of aromatic nitrogens is 4. The lowest BCUT2D eigenvalue weighted by molar-refractivity contribution is -0.119. The molecule has 2 aromatic heterocycles. The lowest BCUT2D eigenvalue weighted by atomic mass is 10.1. The van der Waals surface area contributed by atoms with E-state index >= 15 is 0 Å². The molecule has 5 rings (SSSR count). The Morgan fingerprint density at radius 3 is 2.72 bits per heavy atom. The maximum atomic E-state index is 13.1. The van der Waals surface area contributed by atoms with Crippen molar-refractivity contribution in [1.82, 2.24) is 19.7 Å². The zero-order valence-electron chi connectivity index (χ0n) is 17.5. The summed E-state index contributed by atoms with van der Waals surface area (Å²) in [5, 5.41) is 4.42. The van der Waals surface area contributed by atoms with Crippen LogP contribution in [-0.2, 0) is 24.2 Å². The minimum absolute atomic E-state index is 0. The predicted octanol–water partition coefficient (Wildman–Crippen LogP) is 3.62. The molecule has 0 unspecified atom stereocenters. The van der Waals surface area contributed by atoms with Gasteiger partial charge in [0.25, 0.3) is 0 Å². The van der Waals surface area contributed by atoms with Gasteiger partial charge in [0.2, 0.25) is 5.91 Å². The maximum Gasteiger partial charge on any atom is 0.249 e. The van der Waals surface area contributed by atoms with Crippen LogP contribution in [0.3, 0.4) is 0 Å². The number of amides is 1. The Hall–Kier alpha value is -3.29. The van der Waals surface area contributed by atoms with Crippen LogP contribution >= 0.6 is 0 Å². The number of carbonyl (C=O) groups is 1. The van der Waals surface area contributed by atoms with Crippen LogP contribution in [0.4, 0.5) is 15.9 Å². The molecule has 8 heteroatoms. The van der Waals surface area contributed by atoms with E-state index in [0.717, 1.165) is 54.3 Å². The largest absolute Gasteiger partial charge is 0.343 e. The summed E-state index contributed by atoms with van der Waals surface area (Å²) < 4.78 is 14.9. The first-order valence-corrected chi connectivity index (χ1v) is 10.8. The summed E-state index contributed by atoms with van der Waals surface area (Å²) in [6, 6.07) is 6.39. The zero-order valence-corrected chi connectivity index (χ0v) is 17.5. The van der Waals surface area contributed by atoms with E-state index in [4.69, 9.17) is 4.98 Å². The highest BCUT2D eigenvalue weighted by Gasteiger charge is 2.41. The van der Waals surface area contributed by atoms with Crippen LogP contribution in [0.2, 0.25) is 0 Å². The Labute approximate surface area is 187 Å². The average molecular weight is 437 g/mol. The van der Waals surface area contributed by atoms with E-state index in [1.165, 1.54) is 12.1 Å². The fourth-order valence-electron chi connectivity index (χ4n) is 4.48. The van der Waals surface area contributed by atoms with Crippen molar-refractivity contribution in [2.24, 2.45) is 0 Å². The van der Waals surface area contributed by atoms with Crippen molar-refractivity contribution < 1.29 is 9.18 Å². The molecule has 0 bridgehead atoms. The number of halogens is 1. The minimum Gasteiger partial charge on any atom is -0.343 e. The number of aryl methyl sites for hydroxylation is 2. The maximum absolute atomic E-state index is 13.1. The summed E-state index contributed by atoms with van der Waals surface area (Å²) in [5.74, 6) is 1.60. The van der Waals surface area contributed by atoms with Crippen LogP contribution in [0, 0.1) is 5.82 Å². The van der Waals surface area contributed by atoms with Crippen molar-refractivity contribution in [1.29, 1.82) is 0 Å². The molecule has 2 aliphatic heterocycles. The minimum atomic E-state index is -0.235. The molecule has 1 saturated heterocycles. The van der Waals surface area contributed by atoms with Crippen molar-refractivity contribution in [3.63, 3.8) is 0 Å². The second kappa shape index (κ2) is 9.06. The van der Waals surface area contributed by atoms with Crippen LogP contribution in [-0.4, -0.2) is 44.8 Å². The molecule has 1 amide bonds. The third kappa shape index (κ3) is 4.09. The molecule has 168 valence electrons. The van der Waals surface area contributed by atoms with Crippen molar-refractivity contribution in [2.45, 2.75) is 52.6 Å². The number of anilines is 2. The highest BCUT2D eigenvalue weighted by molar-refractivity contribution is 6.04. The number of carbonyl (C=O) groups excluding carboxylic acids is 1. The number of benzene rings is 1. The second-order valence-corrected chi connectivity index (χ2v) is 8.10. The van der Waals surface area contributed by atoms with Gasteiger partial charge in [0.1, 0.15) is 23.4 Å². The lowest BCUT2D eigenvalue weighted by Gasteiger charge is -2.37. The number of likely N-dealkylation sites (N-methyl/N-ethyl adjacent to an activating group) is 1. The van der Waals surface area contributed by atoms with Crippen molar-refractivity contribution in [2.75, 3.05) is 22.9 Å². The molecule has 1 fully saturated rings. The molecule has 4 heterocycles. The first-order valence-electron chi connectivity index (χ1n) is 10.8. The van der Waals surface area contributed by atoms with Gasteiger partial charge in [0, 0.05) is 25.7 Å². The van der Waals surface area contributed by atoms with Gasteiger partial charge in [-0.05, 0) is 49.4 Å². The van der Waals surface area contributed by atoms with E-state index in [0.29, 0.717) is 19.5 Å². The normalized spacial score (nSPS) is 17.2. The Bertz CT molecular complexity index is 1100. The standard InChI is InChI=1S/C23H25FN6O.CH4/c1-2-29-20-13-25-21(27-22(20)30-11-3-4-19(30)23(29)31)10-7-17-12-26-28(15-17)14-16-5-8-18(24)9-6-16;/h5-6,8-9,12-13,15,19H,2-4,7,10-11,14H2,1H3;1H4/t19-;/m1./s1. The molecule has 0 N–H and O–H groups in total. The third-order valence-corrected chi connectivity index (χ3v) is 6.06. The Balaban J connectivity index is 0.00000245. The fraction of sp³-hybridized carbons (Fsp3) is 0.417. The molecule has 0 radical (unpaired) electrons. The lowest BCUT2D eigenvalue weighted by Crippen LogP contribution is -2.51. The van der Waals surface area contributed by atoms with E-state index in [-0.39, 0.29) is 25.2 Å². The predicted molar refractivity (Wildman–Crippen MR) is 122 cm³/mol. The van der Waals surface area contributed by atoms with Gasteiger partial charge in [0.05, 0.1) is 18.9 Å². The second-order valence-electron chi connectivity index (χ2n) is 8.10. The highest BCUT2D eigenvalue weighted by atomic mass is 19.1. The molecule has 1 atom stereocenters. The summed E-state index contributed by atoms with van der Waals surface area (Å²) >= 11 is 0. The van der Waals surface area contributed by atoms with Gasteiger partial charge in [-0.2, -0.15) is 5.10 Å². The van der Waals surface area contributed by atoms with E-state index in [9.17, 15) is 9.18 Å². The SMILES string of the molecule is C.CCN1C(=O)[C@H]2CCCN2c2nc(CCc3cnn(Cc4ccc(F)cc4)c3)ncc21. The summed E-state index contributed by atoms with van der Waals surface area (Å²) in [6.07, 6.45) is 9.05. The quantitative estimate of drug-likeness (QED) is 0.591. The Kier molecular flexibility index (Phi) is 6.21. The van der Waals surface area contributed by atoms with E-state index < -0.39 is 0 Å². The van der Waals surface area contributed by atoms with Crippen LogP contribution < -0.4 is 9.80 Å². The number of nitrogens with zero attached hydrogens (tertiary/aromatic N) is 6.